The Morgan fingerprint density at radius 1 is 1.48 bits per heavy atom. The van der Waals surface area contributed by atoms with Gasteiger partial charge in [-0.2, -0.15) is 0 Å². The highest BCUT2D eigenvalue weighted by Gasteiger charge is 2.31. The van der Waals surface area contributed by atoms with Gasteiger partial charge >= 0.3 is 0 Å². The van der Waals surface area contributed by atoms with Gasteiger partial charge in [0, 0.05) is 18.4 Å². The highest BCUT2D eigenvalue weighted by atomic mass is 127. The van der Waals surface area contributed by atoms with Crippen molar-refractivity contribution in [3.8, 4) is 5.75 Å². The van der Waals surface area contributed by atoms with E-state index in [0.717, 1.165) is 4.90 Å². The van der Waals surface area contributed by atoms with Crippen LogP contribution in [-0.4, -0.2) is 41.6 Å². The van der Waals surface area contributed by atoms with Gasteiger partial charge in [-0.15, -0.1) is 0 Å². The number of carbonyl (C=O) groups is 1. The van der Waals surface area contributed by atoms with E-state index in [-0.39, 0.29) is 16.6 Å². The molecule has 8 heteroatoms. The SMILES string of the molecule is COCOc1ccc(C2=CCC(I)C(=O)N2CC(F)F)c(Cl)c1. The molecule has 4 nitrogen and oxygen atoms in total. The number of hydrogen-bond donors (Lipinski definition) is 0. The highest BCUT2D eigenvalue weighted by Crippen LogP contribution is 2.34. The molecule has 0 saturated carbocycles. The second-order valence-electron chi connectivity index (χ2n) is 4.83. The van der Waals surface area contributed by atoms with Crippen molar-refractivity contribution in [2.75, 3.05) is 20.4 Å². The Morgan fingerprint density at radius 3 is 2.83 bits per heavy atom. The summed E-state index contributed by atoms with van der Waals surface area (Å²) in [5.74, 6) is 0.162. The molecular weight excluding hydrogens is 443 g/mol. The van der Waals surface area contributed by atoms with Crippen molar-refractivity contribution in [3.63, 3.8) is 0 Å². The lowest BCUT2D eigenvalue weighted by Crippen LogP contribution is -2.40. The zero-order valence-corrected chi connectivity index (χ0v) is 15.2. The Hall–Kier alpha value is -0.930. The molecule has 0 spiro atoms. The molecule has 2 rings (SSSR count). The molecule has 0 bridgehead atoms. The van der Waals surface area contributed by atoms with Crippen LogP contribution in [0.15, 0.2) is 24.3 Å². The summed E-state index contributed by atoms with van der Waals surface area (Å²) in [6.45, 7) is -0.576. The fourth-order valence-electron chi connectivity index (χ4n) is 2.22. The summed E-state index contributed by atoms with van der Waals surface area (Å²) in [5, 5.41) is 0.323. The molecule has 0 N–H and O–H groups in total. The minimum atomic E-state index is -2.62. The lowest BCUT2D eigenvalue weighted by molar-refractivity contribution is -0.128. The maximum atomic E-state index is 12.8. The number of amides is 1. The van der Waals surface area contributed by atoms with Gasteiger partial charge in [-0.25, -0.2) is 8.78 Å². The van der Waals surface area contributed by atoms with Crippen molar-refractivity contribution in [1.82, 2.24) is 4.90 Å². The van der Waals surface area contributed by atoms with E-state index < -0.39 is 13.0 Å². The predicted molar refractivity (Wildman–Crippen MR) is 92.1 cm³/mol. The van der Waals surface area contributed by atoms with E-state index in [1.54, 1.807) is 24.3 Å². The summed E-state index contributed by atoms with van der Waals surface area (Å²) in [7, 11) is 1.50. The summed E-state index contributed by atoms with van der Waals surface area (Å²) >= 11 is 8.19. The fraction of sp³-hybridized carbons (Fsp3) is 0.400. The smallest absolute Gasteiger partial charge is 0.256 e. The summed E-state index contributed by atoms with van der Waals surface area (Å²) in [5.41, 5.74) is 0.931. The van der Waals surface area contributed by atoms with Crippen LogP contribution in [0.25, 0.3) is 5.70 Å². The molecule has 0 aromatic heterocycles. The van der Waals surface area contributed by atoms with E-state index in [1.807, 2.05) is 22.6 Å². The van der Waals surface area contributed by atoms with Gasteiger partial charge < -0.3 is 14.4 Å². The molecule has 0 aliphatic carbocycles. The van der Waals surface area contributed by atoms with Gasteiger partial charge in [0.1, 0.15) is 5.75 Å². The van der Waals surface area contributed by atoms with Crippen LogP contribution in [0.4, 0.5) is 8.78 Å². The molecule has 126 valence electrons. The molecular formula is C15H15ClF2INO3. The van der Waals surface area contributed by atoms with Gasteiger partial charge in [0.05, 0.1) is 15.5 Å². The molecule has 1 aromatic carbocycles. The first-order valence-electron chi connectivity index (χ1n) is 6.79. The van der Waals surface area contributed by atoms with Crippen LogP contribution in [-0.2, 0) is 9.53 Å². The van der Waals surface area contributed by atoms with Gasteiger partial charge in [-0.1, -0.05) is 40.3 Å². The number of methoxy groups -OCH3 is 1. The van der Waals surface area contributed by atoms with Crippen LogP contribution in [0.2, 0.25) is 5.02 Å². The highest BCUT2D eigenvalue weighted by molar-refractivity contribution is 14.1. The maximum absolute atomic E-state index is 12.8. The third kappa shape index (κ3) is 4.54. The lowest BCUT2D eigenvalue weighted by atomic mass is 10.0. The second kappa shape index (κ2) is 8.25. The van der Waals surface area contributed by atoms with Gasteiger partial charge in [-0.05, 0) is 24.6 Å². The topological polar surface area (TPSA) is 38.8 Å². The Bertz CT molecular complexity index is 612. The first-order chi connectivity index (χ1) is 10.9. The van der Waals surface area contributed by atoms with E-state index in [2.05, 4.69) is 0 Å². The number of carbonyl (C=O) groups excluding carboxylic acids is 1. The molecule has 1 aliphatic heterocycles. The van der Waals surface area contributed by atoms with Gasteiger partial charge in [0.25, 0.3) is 6.43 Å². The van der Waals surface area contributed by atoms with Gasteiger partial charge in [-0.3, -0.25) is 4.79 Å². The second-order valence-corrected chi connectivity index (χ2v) is 6.74. The van der Waals surface area contributed by atoms with E-state index in [1.165, 1.54) is 7.11 Å². The minimum Gasteiger partial charge on any atom is -0.468 e. The summed E-state index contributed by atoms with van der Waals surface area (Å²) in [4.78, 5) is 13.3. The van der Waals surface area contributed by atoms with E-state index in [0.29, 0.717) is 28.5 Å². The molecule has 1 heterocycles. The van der Waals surface area contributed by atoms with Crippen LogP contribution in [0.5, 0.6) is 5.75 Å². The lowest BCUT2D eigenvalue weighted by Gasteiger charge is -2.31. The zero-order valence-electron chi connectivity index (χ0n) is 12.3. The number of rotatable bonds is 6. The maximum Gasteiger partial charge on any atom is 0.256 e. The number of alkyl halides is 3. The first-order valence-corrected chi connectivity index (χ1v) is 8.41. The van der Waals surface area contributed by atoms with E-state index >= 15 is 0 Å². The van der Waals surface area contributed by atoms with Crippen LogP contribution < -0.4 is 4.74 Å². The summed E-state index contributed by atoms with van der Waals surface area (Å²) in [6.07, 6.45) is -0.378. The molecule has 0 saturated heterocycles. The van der Waals surface area contributed by atoms with E-state index in [4.69, 9.17) is 21.1 Å². The number of ether oxygens (including phenoxy) is 2. The molecule has 23 heavy (non-hydrogen) atoms. The standard InChI is InChI=1S/C15H15ClF2INO3/c1-22-8-23-9-2-3-10(11(16)6-9)13-5-4-12(19)15(21)20(13)7-14(17)18/h2-3,5-6,12,14H,4,7-8H2,1H3. The van der Waals surface area contributed by atoms with Crippen LogP contribution in [0.3, 0.4) is 0 Å². The molecule has 1 amide bonds. The van der Waals surface area contributed by atoms with Gasteiger partial charge in [0.15, 0.2) is 6.79 Å². The van der Waals surface area contributed by atoms with Crippen molar-refractivity contribution < 1.29 is 23.0 Å². The number of nitrogens with zero attached hydrogens (tertiary/aromatic N) is 1. The Labute approximate surface area is 151 Å². The van der Waals surface area contributed by atoms with Crippen molar-refractivity contribution >= 4 is 45.8 Å². The molecule has 1 aliphatic rings. The minimum absolute atomic E-state index is 0.0743. The van der Waals surface area contributed by atoms with Crippen molar-refractivity contribution in [2.24, 2.45) is 0 Å². The number of halogens is 4. The molecule has 1 atom stereocenters. The van der Waals surface area contributed by atoms with Crippen LogP contribution >= 0.6 is 34.2 Å². The predicted octanol–water partition coefficient (Wildman–Crippen LogP) is 3.96. The monoisotopic (exact) mass is 457 g/mol. The quantitative estimate of drug-likeness (QED) is 0.369. The Morgan fingerprint density at radius 2 is 2.22 bits per heavy atom. The molecule has 0 fully saturated rings. The third-order valence-electron chi connectivity index (χ3n) is 3.22. The summed E-state index contributed by atoms with van der Waals surface area (Å²) < 4.78 is 35.4. The Kier molecular flexibility index (Phi) is 6.60. The Balaban J connectivity index is 2.32. The fourth-order valence-corrected chi connectivity index (χ4v) is 3.07. The molecule has 1 aromatic rings. The van der Waals surface area contributed by atoms with Crippen molar-refractivity contribution in [1.29, 1.82) is 0 Å². The normalized spacial score (nSPS) is 18.3. The average Bonchev–Trinajstić information content (AvgIpc) is 2.50. The molecule has 0 radical (unpaired) electrons. The number of hydrogen-bond acceptors (Lipinski definition) is 3. The van der Waals surface area contributed by atoms with Crippen LogP contribution in [0.1, 0.15) is 12.0 Å². The van der Waals surface area contributed by atoms with Crippen molar-refractivity contribution in [2.45, 2.75) is 16.8 Å². The molecule has 1 unspecified atom stereocenters. The first kappa shape index (κ1) is 18.4. The summed E-state index contributed by atoms with van der Waals surface area (Å²) in [6, 6.07) is 4.87. The average molecular weight is 458 g/mol. The van der Waals surface area contributed by atoms with Crippen LogP contribution in [0, 0.1) is 0 Å². The number of benzene rings is 1. The van der Waals surface area contributed by atoms with Gasteiger partial charge in [0.2, 0.25) is 5.91 Å². The number of allylic oxidation sites excluding steroid dienone is 1. The zero-order chi connectivity index (χ0) is 17.0. The van der Waals surface area contributed by atoms with E-state index in [9.17, 15) is 13.6 Å². The largest absolute Gasteiger partial charge is 0.468 e. The third-order valence-corrected chi connectivity index (χ3v) is 4.58. The van der Waals surface area contributed by atoms with Crippen molar-refractivity contribution in [3.05, 3.63) is 34.9 Å².